The van der Waals surface area contributed by atoms with Gasteiger partial charge in [-0.2, -0.15) is 0 Å². The van der Waals surface area contributed by atoms with Gasteiger partial charge in [-0.3, -0.25) is 18.1 Å². The number of hydrogen-bond donors (Lipinski definition) is 3. The molecule has 0 bridgehead atoms. The summed E-state index contributed by atoms with van der Waals surface area (Å²) >= 11 is 2.13. The molecule has 3 aliphatic heterocycles. The van der Waals surface area contributed by atoms with Gasteiger partial charge in [0.15, 0.2) is 0 Å². The van der Waals surface area contributed by atoms with E-state index in [0.717, 1.165) is 0 Å². The first-order valence-corrected chi connectivity index (χ1v) is 17.0. The van der Waals surface area contributed by atoms with Crippen LogP contribution < -0.4 is 0 Å². The highest BCUT2D eigenvalue weighted by atomic mass is 127. The third-order valence-electron chi connectivity index (χ3n) is 7.40. The number of halogens is 1. The quantitative estimate of drug-likeness (QED) is 0.110. The van der Waals surface area contributed by atoms with Gasteiger partial charge in [-0.05, 0) is 20.8 Å². The Morgan fingerprint density at radius 2 is 1.26 bits per heavy atom. The predicted molar refractivity (Wildman–Crippen MR) is 146 cm³/mol. The van der Waals surface area contributed by atoms with Gasteiger partial charge in [0.05, 0.1) is 54.3 Å². The molecule has 13 nitrogen and oxygen atoms in total. The van der Waals surface area contributed by atoms with E-state index in [4.69, 9.17) is 43.5 Å². The Bertz CT molecular complexity index is 949. The summed E-state index contributed by atoms with van der Waals surface area (Å²) in [6.07, 6.45) is -0.137. The van der Waals surface area contributed by atoms with Crippen LogP contribution in [0.2, 0.25) is 0 Å². The first kappa shape index (κ1) is 33.8. The fourth-order valence-corrected chi connectivity index (χ4v) is 8.11. The van der Waals surface area contributed by atoms with Crippen LogP contribution in [-0.2, 0) is 46.2 Å². The van der Waals surface area contributed by atoms with E-state index in [2.05, 4.69) is 28.5 Å². The summed E-state index contributed by atoms with van der Waals surface area (Å²) in [5.41, 5.74) is 0. The summed E-state index contributed by atoms with van der Waals surface area (Å²) in [7, 11) is -9.21. The number of aliphatic hydroxyl groups is 1. The largest absolute Gasteiger partial charge is 0.472 e. The number of aliphatic hydroxyl groups excluding tert-OH is 1. The standard InChI is InChI=1S/C23H39IO13P2/c1-7-8-30-23-16(6)35-18(20(23)24)10-31-38(26,27)37-22-13(3)15(5)34-19(22)11-32-39(28,29)36-21-12(2)14(4)33-17(21)9-25/h1,12-23,25H,8-11H2,2-6H3,(H,26,27)(H,28,29)/t12-,13-,14+,15+,16+,17-,18-,19-,20?,21?,22?,23-/m1/s1. The van der Waals surface area contributed by atoms with Crippen LogP contribution in [0.15, 0.2) is 0 Å². The highest BCUT2D eigenvalue weighted by Gasteiger charge is 2.48. The van der Waals surface area contributed by atoms with Crippen LogP contribution in [0.1, 0.15) is 34.6 Å². The van der Waals surface area contributed by atoms with Gasteiger partial charge in [-0.1, -0.05) is 42.4 Å². The molecule has 16 heteroatoms. The molecule has 3 aliphatic rings. The lowest BCUT2D eigenvalue weighted by atomic mass is 10.00. The van der Waals surface area contributed by atoms with E-state index in [0.29, 0.717) is 0 Å². The van der Waals surface area contributed by atoms with Crippen molar-refractivity contribution in [2.24, 2.45) is 11.8 Å². The zero-order valence-electron chi connectivity index (χ0n) is 22.5. The van der Waals surface area contributed by atoms with Crippen LogP contribution >= 0.6 is 38.2 Å². The van der Waals surface area contributed by atoms with Crippen LogP contribution in [0.25, 0.3) is 0 Å². The number of phosphoric acid groups is 2. The second kappa shape index (κ2) is 14.2. The van der Waals surface area contributed by atoms with E-state index in [9.17, 15) is 24.0 Å². The third kappa shape index (κ3) is 8.67. The van der Waals surface area contributed by atoms with Crippen molar-refractivity contribution in [1.82, 2.24) is 0 Å². The van der Waals surface area contributed by atoms with E-state index in [1.54, 1.807) is 27.7 Å². The number of hydrogen-bond acceptors (Lipinski definition) is 11. The molecular formula is C23H39IO13P2. The molecule has 0 aliphatic carbocycles. The normalized spacial score (nSPS) is 43.7. The van der Waals surface area contributed by atoms with Crippen LogP contribution in [0, 0.1) is 24.2 Å². The molecule has 0 aromatic heterocycles. The topological polar surface area (TPSA) is 169 Å². The minimum Gasteiger partial charge on any atom is -0.394 e. The van der Waals surface area contributed by atoms with Gasteiger partial charge in [0.25, 0.3) is 0 Å². The van der Waals surface area contributed by atoms with Crippen LogP contribution in [0.4, 0.5) is 0 Å². The van der Waals surface area contributed by atoms with E-state index < -0.39 is 58.9 Å². The number of terminal acetylenes is 1. The molecule has 0 aromatic rings. The summed E-state index contributed by atoms with van der Waals surface area (Å²) in [4.78, 5) is 20.8. The monoisotopic (exact) mass is 712 g/mol. The molecule has 0 spiro atoms. The number of phosphoric ester groups is 2. The van der Waals surface area contributed by atoms with Crippen molar-refractivity contribution >= 4 is 38.2 Å². The van der Waals surface area contributed by atoms with Gasteiger partial charge in [0.2, 0.25) is 0 Å². The van der Waals surface area contributed by atoms with E-state index >= 15 is 0 Å². The first-order chi connectivity index (χ1) is 18.2. The minimum atomic E-state index is -4.61. The van der Waals surface area contributed by atoms with Gasteiger partial charge in [0, 0.05) is 11.8 Å². The fraction of sp³-hybridized carbons (Fsp3) is 0.913. The molecule has 14 atom stereocenters. The summed E-state index contributed by atoms with van der Waals surface area (Å²) in [5.74, 6) is 1.77. The highest BCUT2D eigenvalue weighted by molar-refractivity contribution is 14.1. The Morgan fingerprint density at radius 3 is 1.77 bits per heavy atom. The maximum absolute atomic E-state index is 12.9. The Hall–Kier alpha value is 0.310. The van der Waals surface area contributed by atoms with Crippen molar-refractivity contribution < 1.29 is 61.1 Å². The molecule has 0 saturated carbocycles. The molecule has 0 aromatic carbocycles. The maximum atomic E-state index is 12.9. The third-order valence-corrected chi connectivity index (χ3v) is 10.9. The molecule has 5 unspecified atom stereocenters. The lowest BCUT2D eigenvalue weighted by molar-refractivity contribution is -0.0389. The molecule has 39 heavy (non-hydrogen) atoms. The molecule has 3 fully saturated rings. The van der Waals surface area contributed by atoms with Crippen LogP contribution in [-0.4, -0.2) is 100 Å². The summed E-state index contributed by atoms with van der Waals surface area (Å²) in [6, 6.07) is 0. The summed E-state index contributed by atoms with van der Waals surface area (Å²) in [6.45, 7) is 7.92. The Morgan fingerprint density at radius 1 is 0.795 bits per heavy atom. The molecule has 3 rings (SSSR count). The van der Waals surface area contributed by atoms with Crippen molar-refractivity contribution in [3.63, 3.8) is 0 Å². The lowest BCUT2D eigenvalue weighted by Crippen LogP contribution is -2.34. The van der Waals surface area contributed by atoms with E-state index in [1.165, 1.54) is 0 Å². The zero-order chi connectivity index (χ0) is 29.1. The SMILES string of the molecule is C#CCO[C@H]1C(I)[C@@H](COP(=O)(O)OC2[C@@H](COP(=O)(O)OC3[C@@H](CO)O[C@@H](C)[C@H]3C)O[C@@H](C)[C@H]2C)O[C@H]1C. The fourth-order valence-electron chi connectivity index (χ4n) is 4.88. The van der Waals surface area contributed by atoms with E-state index in [1.807, 2.05) is 6.92 Å². The molecule has 0 amide bonds. The molecular weight excluding hydrogens is 673 g/mol. The summed E-state index contributed by atoms with van der Waals surface area (Å²) < 4.78 is 69.4. The Balaban J connectivity index is 1.56. The van der Waals surface area contributed by atoms with Crippen LogP contribution in [0.5, 0.6) is 0 Å². The zero-order valence-corrected chi connectivity index (χ0v) is 26.5. The van der Waals surface area contributed by atoms with Gasteiger partial charge in [-0.25, -0.2) is 9.13 Å². The van der Waals surface area contributed by atoms with Crippen molar-refractivity contribution in [3.8, 4) is 12.3 Å². The van der Waals surface area contributed by atoms with Crippen molar-refractivity contribution in [2.75, 3.05) is 26.4 Å². The molecule has 3 saturated heterocycles. The van der Waals surface area contributed by atoms with Gasteiger partial charge in [-0.15, -0.1) is 6.42 Å². The van der Waals surface area contributed by atoms with E-state index in [-0.39, 0.29) is 53.9 Å². The number of rotatable bonds is 13. The maximum Gasteiger partial charge on any atom is 0.472 e. The molecule has 0 radical (unpaired) electrons. The molecule has 3 heterocycles. The highest BCUT2D eigenvalue weighted by Crippen LogP contribution is 2.52. The average molecular weight is 712 g/mol. The number of ether oxygens (including phenoxy) is 4. The predicted octanol–water partition coefficient (Wildman–Crippen LogP) is 2.44. The Kier molecular flexibility index (Phi) is 12.3. The second-order valence-corrected chi connectivity index (χ2v) is 14.4. The van der Waals surface area contributed by atoms with Gasteiger partial charge < -0.3 is 33.8 Å². The number of alkyl halides is 1. The van der Waals surface area contributed by atoms with Crippen molar-refractivity contribution in [3.05, 3.63) is 0 Å². The first-order valence-electron chi connectivity index (χ1n) is 12.8. The average Bonchev–Trinajstić information content (AvgIpc) is 3.40. The van der Waals surface area contributed by atoms with Crippen molar-refractivity contribution in [2.45, 2.75) is 93.5 Å². The van der Waals surface area contributed by atoms with Gasteiger partial charge in [0.1, 0.15) is 31.0 Å². The molecule has 226 valence electrons. The smallest absolute Gasteiger partial charge is 0.394 e. The van der Waals surface area contributed by atoms with Crippen LogP contribution in [0.3, 0.4) is 0 Å². The summed E-state index contributed by atoms with van der Waals surface area (Å²) in [5, 5.41) is 9.52. The Labute approximate surface area is 242 Å². The lowest BCUT2D eigenvalue weighted by Gasteiger charge is -2.26. The van der Waals surface area contributed by atoms with Crippen molar-refractivity contribution in [1.29, 1.82) is 0 Å². The molecule has 3 N–H and O–H groups in total. The minimum absolute atomic E-state index is 0.120. The second-order valence-electron chi connectivity index (χ2n) is 10.1. The van der Waals surface area contributed by atoms with Gasteiger partial charge >= 0.3 is 15.6 Å².